The molecule has 0 radical (unpaired) electrons. The van der Waals surface area contributed by atoms with Gasteiger partial charge in [0.05, 0.1) is 0 Å². The van der Waals surface area contributed by atoms with Crippen LogP contribution in [0.5, 0.6) is 0 Å². The monoisotopic (exact) mass is 332 g/mol. The molecule has 1 amide bonds. The lowest BCUT2D eigenvalue weighted by molar-refractivity contribution is -0.132. The van der Waals surface area contributed by atoms with Gasteiger partial charge in [-0.25, -0.2) is 0 Å². The van der Waals surface area contributed by atoms with Crippen LogP contribution >= 0.6 is 24.2 Å². The number of thioether (sulfide) groups is 1. The van der Waals surface area contributed by atoms with Crippen molar-refractivity contribution in [3.63, 3.8) is 0 Å². The minimum absolute atomic E-state index is 0. The van der Waals surface area contributed by atoms with E-state index in [0.29, 0.717) is 6.54 Å². The van der Waals surface area contributed by atoms with Crippen LogP contribution in [0.1, 0.15) is 26.7 Å². The van der Waals surface area contributed by atoms with Crippen LogP contribution in [0.15, 0.2) is 18.5 Å². The van der Waals surface area contributed by atoms with E-state index in [0.717, 1.165) is 25.9 Å². The number of amides is 1. The first-order chi connectivity index (χ1) is 9.50. The molecule has 5 nitrogen and oxygen atoms in total. The van der Waals surface area contributed by atoms with Gasteiger partial charge >= 0.3 is 0 Å². The number of rotatable bonds is 5. The van der Waals surface area contributed by atoms with Crippen molar-refractivity contribution < 1.29 is 4.79 Å². The van der Waals surface area contributed by atoms with Crippen molar-refractivity contribution in [2.75, 3.05) is 25.9 Å². The highest BCUT2D eigenvalue weighted by molar-refractivity contribution is 7.99. The third-order valence-electron chi connectivity index (χ3n) is 4.02. The second-order valence-electron chi connectivity index (χ2n) is 5.88. The number of hydrogen-bond acceptors (Lipinski definition) is 4. The van der Waals surface area contributed by atoms with Gasteiger partial charge in [-0.15, -0.1) is 12.4 Å². The number of aromatic nitrogens is 2. The minimum atomic E-state index is -0.538. The Labute approximate surface area is 137 Å². The maximum atomic E-state index is 12.8. The van der Waals surface area contributed by atoms with E-state index in [2.05, 4.69) is 35.8 Å². The summed E-state index contributed by atoms with van der Waals surface area (Å²) in [5.41, 5.74) is -0.538. The number of hydrogen-bond donors (Lipinski definition) is 2. The molecule has 2 rings (SSSR count). The topological polar surface area (TPSA) is 59.0 Å². The number of carbonyl (C=O) groups excluding carboxylic acids is 1. The zero-order valence-corrected chi connectivity index (χ0v) is 14.5. The average molecular weight is 333 g/mol. The van der Waals surface area contributed by atoms with E-state index in [-0.39, 0.29) is 23.1 Å². The number of carbonyl (C=O) groups is 1. The summed E-state index contributed by atoms with van der Waals surface area (Å²) < 4.78 is 1.88. The third-order valence-corrected chi connectivity index (χ3v) is 5.27. The zero-order valence-electron chi connectivity index (χ0n) is 12.9. The molecule has 0 aliphatic carbocycles. The molecule has 0 aromatic carbocycles. The van der Waals surface area contributed by atoms with Gasteiger partial charge in [0.15, 0.2) is 0 Å². The molecule has 1 aromatic heterocycles. The molecule has 2 N–H and O–H groups in total. The maximum Gasteiger partial charge on any atom is 0.248 e. The normalized spacial score (nSPS) is 17.9. The zero-order chi connectivity index (χ0) is 14.6. The van der Waals surface area contributed by atoms with Crippen molar-refractivity contribution in [1.29, 1.82) is 0 Å². The van der Waals surface area contributed by atoms with Gasteiger partial charge in [0.2, 0.25) is 5.91 Å². The number of piperidine rings is 1. The largest absolute Gasteiger partial charge is 0.353 e. The average Bonchev–Trinajstić information content (AvgIpc) is 3.00. The fourth-order valence-electron chi connectivity index (χ4n) is 2.45. The summed E-state index contributed by atoms with van der Waals surface area (Å²) in [6, 6.07) is 1.88. The van der Waals surface area contributed by atoms with Gasteiger partial charge in [-0.1, -0.05) is 0 Å². The Balaban J connectivity index is 0.00000220. The van der Waals surface area contributed by atoms with Crippen LogP contribution in [0.2, 0.25) is 0 Å². The van der Waals surface area contributed by atoms with E-state index in [9.17, 15) is 4.79 Å². The molecule has 0 unspecified atom stereocenters. The molecule has 1 aliphatic rings. The molecule has 1 aromatic rings. The predicted octanol–water partition coefficient (Wildman–Crippen LogP) is 1.64. The lowest BCUT2D eigenvalue weighted by Gasteiger charge is -2.37. The second-order valence-corrected chi connectivity index (χ2v) is 7.39. The maximum absolute atomic E-state index is 12.8. The molecule has 0 saturated carbocycles. The van der Waals surface area contributed by atoms with Gasteiger partial charge in [0.25, 0.3) is 0 Å². The van der Waals surface area contributed by atoms with Crippen molar-refractivity contribution in [3.8, 4) is 0 Å². The van der Waals surface area contributed by atoms with Crippen LogP contribution in [-0.2, 0) is 10.3 Å². The van der Waals surface area contributed by atoms with Crippen molar-refractivity contribution in [2.45, 2.75) is 37.0 Å². The Bertz CT molecular complexity index is 444. The number of nitrogens with zero attached hydrogens (tertiary/aromatic N) is 2. The first-order valence-electron chi connectivity index (χ1n) is 7.04. The third kappa shape index (κ3) is 4.14. The van der Waals surface area contributed by atoms with Crippen molar-refractivity contribution in [3.05, 3.63) is 18.5 Å². The Morgan fingerprint density at radius 1 is 1.48 bits per heavy atom. The molecule has 1 aliphatic heterocycles. The fraction of sp³-hybridized carbons (Fsp3) is 0.714. The first kappa shape index (κ1) is 18.3. The van der Waals surface area contributed by atoms with Gasteiger partial charge < -0.3 is 10.6 Å². The molecule has 1 fully saturated rings. The molecule has 0 atom stereocenters. The number of halogens is 1. The molecule has 2 heterocycles. The van der Waals surface area contributed by atoms with E-state index in [4.69, 9.17) is 0 Å². The minimum Gasteiger partial charge on any atom is -0.353 e. The highest BCUT2D eigenvalue weighted by Gasteiger charge is 2.42. The van der Waals surface area contributed by atoms with Gasteiger partial charge in [0.1, 0.15) is 5.54 Å². The SMILES string of the molecule is CSC(C)(C)CNC(=O)C1(n2cccn2)CCNCC1.Cl. The molecule has 1 saturated heterocycles. The highest BCUT2D eigenvalue weighted by Crippen LogP contribution is 2.28. The van der Waals surface area contributed by atoms with E-state index in [1.807, 2.05) is 16.9 Å². The summed E-state index contributed by atoms with van der Waals surface area (Å²) in [5, 5.41) is 10.8. The first-order valence-corrected chi connectivity index (χ1v) is 8.27. The Hall–Kier alpha value is -0.720. The predicted molar refractivity (Wildman–Crippen MR) is 90.2 cm³/mol. The van der Waals surface area contributed by atoms with Crippen LogP contribution in [0, 0.1) is 0 Å². The summed E-state index contributed by atoms with van der Waals surface area (Å²) >= 11 is 1.76. The molecule has 0 bridgehead atoms. The van der Waals surface area contributed by atoms with Crippen LogP contribution in [0.25, 0.3) is 0 Å². The summed E-state index contributed by atoms with van der Waals surface area (Å²) in [6.45, 7) is 6.64. The Kier molecular flexibility index (Phi) is 6.56. The highest BCUT2D eigenvalue weighted by atomic mass is 35.5. The standard InChI is InChI=1S/C14H24N4OS.ClH/c1-13(2,20-3)11-16-12(19)14(5-8-15-9-6-14)18-10-4-7-17-18;/h4,7,10,15H,5-6,8-9,11H2,1-3H3,(H,16,19);1H. The molecular formula is C14H25ClN4OS. The van der Waals surface area contributed by atoms with E-state index < -0.39 is 5.54 Å². The molecule has 120 valence electrons. The van der Waals surface area contributed by atoms with Gasteiger partial charge in [-0.2, -0.15) is 16.9 Å². The van der Waals surface area contributed by atoms with E-state index >= 15 is 0 Å². The summed E-state index contributed by atoms with van der Waals surface area (Å²) in [6.07, 6.45) is 7.26. The Morgan fingerprint density at radius 2 is 2.14 bits per heavy atom. The lowest BCUT2D eigenvalue weighted by atomic mass is 9.87. The summed E-state index contributed by atoms with van der Waals surface area (Å²) in [7, 11) is 0. The summed E-state index contributed by atoms with van der Waals surface area (Å²) in [4.78, 5) is 12.8. The van der Waals surface area contributed by atoms with Gasteiger partial charge in [-0.05, 0) is 52.1 Å². The van der Waals surface area contributed by atoms with Crippen LogP contribution in [-0.4, -0.2) is 46.3 Å². The quantitative estimate of drug-likeness (QED) is 0.860. The van der Waals surface area contributed by atoms with Crippen LogP contribution in [0.4, 0.5) is 0 Å². The van der Waals surface area contributed by atoms with Crippen LogP contribution in [0.3, 0.4) is 0 Å². The Morgan fingerprint density at radius 3 is 2.67 bits per heavy atom. The fourth-order valence-corrected chi connectivity index (χ4v) is 2.67. The van der Waals surface area contributed by atoms with E-state index in [1.165, 1.54) is 0 Å². The van der Waals surface area contributed by atoms with Crippen molar-refractivity contribution >= 4 is 30.1 Å². The molecule has 21 heavy (non-hydrogen) atoms. The van der Waals surface area contributed by atoms with Crippen molar-refractivity contribution in [2.24, 2.45) is 0 Å². The van der Waals surface area contributed by atoms with Crippen LogP contribution < -0.4 is 10.6 Å². The molecular weight excluding hydrogens is 308 g/mol. The van der Waals surface area contributed by atoms with Gasteiger partial charge in [-0.3, -0.25) is 9.48 Å². The van der Waals surface area contributed by atoms with Gasteiger partial charge in [0, 0.05) is 23.7 Å². The summed E-state index contributed by atoms with van der Waals surface area (Å²) in [5.74, 6) is 0.0878. The smallest absolute Gasteiger partial charge is 0.248 e. The van der Waals surface area contributed by atoms with E-state index in [1.54, 1.807) is 18.0 Å². The number of nitrogens with one attached hydrogen (secondary N) is 2. The molecule has 7 heteroatoms. The second kappa shape index (κ2) is 7.51. The molecule has 0 spiro atoms. The lowest BCUT2D eigenvalue weighted by Crippen LogP contribution is -2.56. The van der Waals surface area contributed by atoms with Crippen molar-refractivity contribution in [1.82, 2.24) is 20.4 Å².